The molecule has 0 bridgehead atoms. The van der Waals surface area contributed by atoms with Gasteiger partial charge in [0.1, 0.15) is 0 Å². The van der Waals surface area contributed by atoms with Crippen molar-refractivity contribution in [3.8, 4) is 0 Å². The number of amides is 2. The van der Waals surface area contributed by atoms with E-state index < -0.39 is 0 Å². The molecule has 0 atom stereocenters. The Hall–Kier alpha value is -2.41. The van der Waals surface area contributed by atoms with Crippen LogP contribution in [-0.4, -0.2) is 59.3 Å². The first kappa shape index (κ1) is 16.4. The standard InChI is InChI=1S/C17H22N4O3/c1-20-14-6-3-2-5-13(14)16(19-20)17(23)21-9-4-11-24-12-8-18-15(22)7-10-21/h2-3,5-6H,4,7-12H2,1H3,(H,18,22). The van der Waals surface area contributed by atoms with Gasteiger partial charge in [0, 0.05) is 45.1 Å². The highest BCUT2D eigenvalue weighted by molar-refractivity contribution is 6.04. The van der Waals surface area contributed by atoms with Crippen LogP contribution in [-0.2, 0) is 16.6 Å². The molecule has 1 N–H and O–H groups in total. The molecule has 1 aromatic heterocycles. The summed E-state index contributed by atoms with van der Waals surface area (Å²) in [6.07, 6.45) is 1.03. The zero-order chi connectivity index (χ0) is 16.9. The number of hydrogen-bond acceptors (Lipinski definition) is 4. The molecule has 0 spiro atoms. The summed E-state index contributed by atoms with van der Waals surface area (Å²) in [5, 5.41) is 8.02. The minimum absolute atomic E-state index is 0.0656. The minimum Gasteiger partial charge on any atom is -0.380 e. The van der Waals surface area contributed by atoms with Gasteiger partial charge in [0.2, 0.25) is 5.91 Å². The third-order valence-electron chi connectivity index (χ3n) is 4.14. The molecule has 1 fully saturated rings. The summed E-state index contributed by atoms with van der Waals surface area (Å²) in [5.41, 5.74) is 1.35. The molecule has 2 aromatic rings. The highest BCUT2D eigenvalue weighted by Crippen LogP contribution is 2.19. The van der Waals surface area contributed by atoms with Gasteiger partial charge in [-0.15, -0.1) is 0 Å². The van der Waals surface area contributed by atoms with Crippen molar-refractivity contribution in [1.29, 1.82) is 0 Å². The van der Waals surface area contributed by atoms with Crippen molar-refractivity contribution >= 4 is 22.7 Å². The number of benzene rings is 1. The van der Waals surface area contributed by atoms with E-state index in [0.717, 1.165) is 17.3 Å². The van der Waals surface area contributed by atoms with Crippen LogP contribution in [0.2, 0.25) is 0 Å². The van der Waals surface area contributed by atoms with Crippen molar-refractivity contribution in [3.63, 3.8) is 0 Å². The number of hydrogen-bond donors (Lipinski definition) is 1. The van der Waals surface area contributed by atoms with Crippen molar-refractivity contribution in [3.05, 3.63) is 30.0 Å². The van der Waals surface area contributed by atoms with Crippen LogP contribution in [0.1, 0.15) is 23.3 Å². The van der Waals surface area contributed by atoms with Gasteiger partial charge in [0.15, 0.2) is 5.69 Å². The maximum atomic E-state index is 13.0. The van der Waals surface area contributed by atoms with Crippen molar-refractivity contribution in [2.24, 2.45) is 7.05 Å². The fraction of sp³-hybridized carbons (Fsp3) is 0.471. The molecule has 2 amide bonds. The summed E-state index contributed by atoms with van der Waals surface area (Å²) in [5.74, 6) is -0.206. The fourth-order valence-electron chi connectivity index (χ4n) is 2.88. The summed E-state index contributed by atoms with van der Waals surface area (Å²) in [4.78, 5) is 26.5. The third kappa shape index (κ3) is 3.56. The van der Waals surface area contributed by atoms with E-state index in [2.05, 4.69) is 10.4 Å². The topological polar surface area (TPSA) is 76.5 Å². The van der Waals surface area contributed by atoms with Gasteiger partial charge in [-0.25, -0.2) is 0 Å². The number of fused-ring (bicyclic) bond motifs is 1. The molecule has 1 aliphatic rings. The molecular formula is C17H22N4O3. The molecule has 128 valence electrons. The van der Waals surface area contributed by atoms with E-state index in [1.807, 2.05) is 31.3 Å². The van der Waals surface area contributed by atoms with Crippen molar-refractivity contribution in [2.75, 3.05) is 32.8 Å². The summed E-state index contributed by atoms with van der Waals surface area (Å²) < 4.78 is 7.16. The molecule has 1 aromatic carbocycles. The number of nitrogens with zero attached hydrogens (tertiary/aromatic N) is 3. The zero-order valence-electron chi connectivity index (χ0n) is 13.8. The molecule has 0 radical (unpaired) electrons. The number of aryl methyl sites for hydroxylation is 1. The quantitative estimate of drug-likeness (QED) is 0.844. The lowest BCUT2D eigenvalue weighted by atomic mass is 10.2. The Morgan fingerprint density at radius 3 is 2.96 bits per heavy atom. The summed E-state index contributed by atoms with van der Waals surface area (Å²) in [6, 6.07) is 7.66. The molecule has 7 heteroatoms. The third-order valence-corrected chi connectivity index (χ3v) is 4.14. The Morgan fingerprint density at radius 2 is 2.08 bits per heavy atom. The lowest BCUT2D eigenvalue weighted by Crippen LogP contribution is -2.36. The van der Waals surface area contributed by atoms with Crippen LogP contribution in [0.15, 0.2) is 24.3 Å². The van der Waals surface area contributed by atoms with Crippen LogP contribution < -0.4 is 5.32 Å². The van der Waals surface area contributed by atoms with Crippen LogP contribution in [0.3, 0.4) is 0 Å². The Balaban J connectivity index is 1.83. The Labute approximate surface area is 140 Å². The van der Waals surface area contributed by atoms with E-state index in [1.54, 1.807) is 9.58 Å². The van der Waals surface area contributed by atoms with E-state index in [-0.39, 0.29) is 18.2 Å². The Bertz CT molecular complexity index is 741. The van der Waals surface area contributed by atoms with Gasteiger partial charge in [-0.3, -0.25) is 14.3 Å². The second-order valence-corrected chi connectivity index (χ2v) is 5.85. The van der Waals surface area contributed by atoms with Gasteiger partial charge in [0.25, 0.3) is 5.91 Å². The average Bonchev–Trinajstić information content (AvgIpc) is 2.90. The monoisotopic (exact) mass is 330 g/mol. The molecule has 1 aliphatic heterocycles. The summed E-state index contributed by atoms with van der Waals surface area (Å²) >= 11 is 0. The molecule has 0 aliphatic carbocycles. The van der Waals surface area contributed by atoms with Gasteiger partial charge in [-0.1, -0.05) is 18.2 Å². The summed E-state index contributed by atoms with van der Waals surface area (Å²) in [6.45, 7) is 2.53. The molecule has 0 unspecified atom stereocenters. The lowest BCUT2D eigenvalue weighted by molar-refractivity contribution is -0.121. The van der Waals surface area contributed by atoms with Gasteiger partial charge in [0.05, 0.1) is 12.1 Å². The second kappa shape index (κ2) is 7.44. The molecule has 2 heterocycles. The molecule has 1 saturated heterocycles. The average molecular weight is 330 g/mol. The zero-order valence-corrected chi connectivity index (χ0v) is 13.8. The number of aromatic nitrogens is 2. The van der Waals surface area contributed by atoms with Gasteiger partial charge in [-0.05, 0) is 12.5 Å². The Kier molecular flexibility index (Phi) is 5.10. The van der Waals surface area contributed by atoms with Crippen LogP contribution in [0.5, 0.6) is 0 Å². The Morgan fingerprint density at radius 1 is 1.25 bits per heavy atom. The number of carbonyl (C=O) groups excluding carboxylic acids is 2. The minimum atomic E-state index is -0.140. The van der Waals surface area contributed by atoms with Crippen molar-refractivity contribution in [2.45, 2.75) is 12.8 Å². The smallest absolute Gasteiger partial charge is 0.275 e. The highest BCUT2D eigenvalue weighted by atomic mass is 16.5. The number of rotatable bonds is 1. The molecule has 3 rings (SSSR count). The largest absolute Gasteiger partial charge is 0.380 e. The van der Waals surface area contributed by atoms with Gasteiger partial charge < -0.3 is 15.0 Å². The maximum absolute atomic E-state index is 13.0. The lowest BCUT2D eigenvalue weighted by Gasteiger charge is -2.21. The van der Waals surface area contributed by atoms with Crippen molar-refractivity contribution < 1.29 is 14.3 Å². The fourth-order valence-corrected chi connectivity index (χ4v) is 2.88. The summed E-state index contributed by atoms with van der Waals surface area (Å²) in [7, 11) is 1.83. The number of ether oxygens (including phenoxy) is 1. The van der Waals surface area contributed by atoms with Crippen LogP contribution in [0.4, 0.5) is 0 Å². The van der Waals surface area contributed by atoms with E-state index in [0.29, 0.717) is 38.5 Å². The van der Waals surface area contributed by atoms with Crippen LogP contribution in [0, 0.1) is 0 Å². The first-order valence-electron chi connectivity index (χ1n) is 8.22. The SMILES string of the molecule is Cn1nc(C(=O)N2CCCOCCNC(=O)CC2)c2ccccc21. The highest BCUT2D eigenvalue weighted by Gasteiger charge is 2.22. The molecule has 7 nitrogen and oxygen atoms in total. The van der Waals surface area contributed by atoms with E-state index in [1.165, 1.54) is 0 Å². The first-order chi connectivity index (χ1) is 11.7. The predicted octanol–water partition coefficient (Wildman–Crippen LogP) is 0.942. The van der Waals surface area contributed by atoms with Crippen LogP contribution >= 0.6 is 0 Å². The van der Waals surface area contributed by atoms with Gasteiger partial charge in [-0.2, -0.15) is 5.10 Å². The van der Waals surface area contributed by atoms with Crippen LogP contribution in [0.25, 0.3) is 10.9 Å². The van der Waals surface area contributed by atoms with Crippen molar-refractivity contribution in [1.82, 2.24) is 20.0 Å². The van der Waals surface area contributed by atoms with Gasteiger partial charge >= 0.3 is 0 Å². The normalized spacial score (nSPS) is 17.4. The van der Waals surface area contributed by atoms with E-state index >= 15 is 0 Å². The molecular weight excluding hydrogens is 308 g/mol. The number of para-hydroxylation sites is 1. The molecule has 0 saturated carbocycles. The van der Waals surface area contributed by atoms with E-state index in [9.17, 15) is 9.59 Å². The first-order valence-corrected chi connectivity index (χ1v) is 8.22. The predicted molar refractivity (Wildman–Crippen MR) is 89.7 cm³/mol. The molecule has 24 heavy (non-hydrogen) atoms. The van der Waals surface area contributed by atoms with E-state index in [4.69, 9.17) is 4.74 Å². The second-order valence-electron chi connectivity index (χ2n) is 5.85. The maximum Gasteiger partial charge on any atom is 0.275 e. The number of carbonyl (C=O) groups is 2. The number of nitrogens with one attached hydrogen (secondary N) is 1.